The Hall–Kier alpha value is -1.79. The molecule has 0 rings (SSSR count). The lowest BCUT2D eigenvalue weighted by molar-refractivity contribution is -0.243. The molecule has 22 heavy (non-hydrogen) atoms. The third-order valence-corrected chi connectivity index (χ3v) is 2.62. The second-order valence-electron chi connectivity index (χ2n) is 4.10. The highest BCUT2D eigenvalue weighted by atomic mass is 17.1. The molecule has 0 saturated heterocycles. The van der Waals surface area contributed by atoms with Gasteiger partial charge in [0, 0.05) is 20.7 Å². The minimum Gasteiger partial charge on any atom is -0.383 e. The number of rotatable bonds is 10. The van der Waals surface area contributed by atoms with E-state index in [1.54, 1.807) is 0 Å². The van der Waals surface area contributed by atoms with Gasteiger partial charge in [0.2, 0.25) is 6.41 Å². The van der Waals surface area contributed by atoms with Crippen LogP contribution in [0.25, 0.3) is 0 Å². The van der Waals surface area contributed by atoms with E-state index in [1.807, 2.05) is 0 Å². The Morgan fingerprint density at radius 2 is 1.59 bits per heavy atom. The van der Waals surface area contributed by atoms with Crippen LogP contribution >= 0.6 is 0 Å². The van der Waals surface area contributed by atoms with Crippen molar-refractivity contribution in [3.05, 3.63) is 0 Å². The molecule has 0 radical (unpaired) electrons. The van der Waals surface area contributed by atoms with Crippen molar-refractivity contribution < 1.29 is 39.4 Å². The van der Waals surface area contributed by atoms with E-state index in [2.05, 4.69) is 9.78 Å². The number of likely N-dealkylation sites (N-methyl/N-ethyl adjacent to an activating group) is 1. The number of carbonyl (C=O) groups is 3. The molecule has 0 bridgehead atoms. The van der Waals surface area contributed by atoms with Crippen LogP contribution in [0.5, 0.6) is 0 Å². The van der Waals surface area contributed by atoms with E-state index in [0.717, 1.165) is 14.7 Å². The van der Waals surface area contributed by atoms with Gasteiger partial charge < -0.3 is 9.64 Å². The van der Waals surface area contributed by atoms with Gasteiger partial charge in [-0.3, -0.25) is 20.2 Å². The lowest BCUT2D eigenvalue weighted by atomic mass is 10.5. The second-order valence-corrected chi connectivity index (χ2v) is 4.10. The molecule has 11 heteroatoms. The van der Waals surface area contributed by atoms with Crippen molar-refractivity contribution in [3.8, 4) is 0 Å². The highest BCUT2D eigenvalue weighted by molar-refractivity contribution is 5.97. The van der Waals surface area contributed by atoms with Crippen molar-refractivity contribution in [1.29, 1.82) is 0 Å². The molecule has 0 saturated carbocycles. The predicted molar refractivity (Wildman–Crippen MR) is 71.9 cm³/mol. The van der Waals surface area contributed by atoms with Crippen LogP contribution in [0, 0.1) is 0 Å². The van der Waals surface area contributed by atoms with Gasteiger partial charge >= 0.3 is 12.1 Å². The smallest absolute Gasteiger partial charge is 0.334 e. The van der Waals surface area contributed by atoms with Crippen molar-refractivity contribution in [2.75, 3.05) is 53.6 Å². The Labute approximate surface area is 127 Å². The Balaban J connectivity index is 4.95. The summed E-state index contributed by atoms with van der Waals surface area (Å²) in [6, 6.07) is -1.63. The molecule has 5 amide bonds. The fourth-order valence-electron chi connectivity index (χ4n) is 1.42. The molecule has 0 spiro atoms. The topological polar surface area (TPSA) is 129 Å². The summed E-state index contributed by atoms with van der Waals surface area (Å²) in [7, 11) is 2.78. The standard InChI is InChI=1S/C11H21N3O8/c1-12(3-7-21-18)10(16)14(5-8-22-19)11(17)13(9-15)4-6-20-2/h9,18-19H,3-8H2,1-2H3. The zero-order chi connectivity index (χ0) is 17.0. The van der Waals surface area contributed by atoms with Gasteiger partial charge in [0.25, 0.3) is 0 Å². The van der Waals surface area contributed by atoms with Crippen LogP contribution in [0.4, 0.5) is 9.59 Å². The van der Waals surface area contributed by atoms with Crippen LogP contribution in [0.2, 0.25) is 0 Å². The Bertz CT molecular complexity index is 354. The van der Waals surface area contributed by atoms with Gasteiger partial charge in [-0.2, -0.15) is 0 Å². The Morgan fingerprint density at radius 3 is 2.09 bits per heavy atom. The summed E-state index contributed by atoms with van der Waals surface area (Å²) in [5.74, 6) is 0. The van der Waals surface area contributed by atoms with Crippen molar-refractivity contribution in [2.45, 2.75) is 0 Å². The summed E-state index contributed by atoms with van der Waals surface area (Å²) in [5.41, 5.74) is 0. The first-order valence-corrected chi connectivity index (χ1v) is 6.33. The number of urea groups is 2. The first-order chi connectivity index (χ1) is 10.5. The van der Waals surface area contributed by atoms with Crippen molar-refractivity contribution in [3.63, 3.8) is 0 Å². The minimum absolute atomic E-state index is 0.0122. The minimum atomic E-state index is -0.883. The van der Waals surface area contributed by atoms with Gasteiger partial charge in [-0.15, -0.1) is 0 Å². The fraction of sp³-hybridized carbons (Fsp3) is 0.727. The summed E-state index contributed by atoms with van der Waals surface area (Å²) in [4.78, 5) is 45.6. The van der Waals surface area contributed by atoms with Gasteiger partial charge in [0.15, 0.2) is 0 Å². The molecule has 0 aliphatic heterocycles. The largest absolute Gasteiger partial charge is 0.383 e. The van der Waals surface area contributed by atoms with E-state index in [1.165, 1.54) is 14.2 Å². The highest BCUT2D eigenvalue weighted by Gasteiger charge is 2.28. The number of nitrogens with zero attached hydrogens (tertiary/aromatic N) is 3. The van der Waals surface area contributed by atoms with Crippen LogP contribution in [-0.2, 0) is 19.3 Å². The quantitative estimate of drug-likeness (QED) is 0.314. The maximum Gasteiger partial charge on any atom is 0.334 e. The van der Waals surface area contributed by atoms with E-state index in [4.69, 9.17) is 15.3 Å². The van der Waals surface area contributed by atoms with Gasteiger partial charge in [0.05, 0.1) is 26.3 Å². The summed E-state index contributed by atoms with van der Waals surface area (Å²) in [6.45, 7) is -0.655. The monoisotopic (exact) mass is 323 g/mol. The first-order valence-electron chi connectivity index (χ1n) is 6.33. The lowest BCUT2D eigenvalue weighted by Crippen LogP contribution is -2.52. The molecule has 0 fully saturated rings. The molecule has 128 valence electrons. The number of hydrogen-bond donors (Lipinski definition) is 2. The molecular weight excluding hydrogens is 302 g/mol. The van der Waals surface area contributed by atoms with Crippen molar-refractivity contribution in [1.82, 2.24) is 14.7 Å². The van der Waals surface area contributed by atoms with Crippen LogP contribution in [0.1, 0.15) is 0 Å². The van der Waals surface area contributed by atoms with E-state index in [9.17, 15) is 14.4 Å². The summed E-state index contributed by atoms with van der Waals surface area (Å²) in [6.07, 6.45) is 0.276. The number of imide groups is 2. The Kier molecular flexibility index (Phi) is 10.9. The zero-order valence-electron chi connectivity index (χ0n) is 12.5. The molecule has 0 unspecified atom stereocenters. The maximum absolute atomic E-state index is 12.2. The fourth-order valence-corrected chi connectivity index (χ4v) is 1.42. The zero-order valence-corrected chi connectivity index (χ0v) is 12.5. The van der Waals surface area contributed by atoms with E-state index >= 15 is 0 Å². The number of amides is 5. The summed E-state index contributed by atoms with van der Waals surface area (Å²) < 4.78 is 4.77. The lowest BCUT2D eigenvalue weighted by Gasteiger charge is -2.29. The van der Waals surface area contributed by atoms with Crippen LogP contribution in [-0.4, -0.2) is 97.3 Å². The number of ether oxygens (including phenoxy) is 1. The van der Waals surface area contributed by atoms with E-state index in [0.29, 0.717) is 0 Å². The van der Waals surface area contributed by atoms with Crippen molar-refractivity contribution in [2.24, 2.45) is 0 Å². The average Bonchev–Trinajstić information content (AvgIpc) is 2.53. The van der Waals surface area contributed by atoms with Crippen LogP contribution in [0.15, 0.2) is 0 Å². The third kappa shape index (κ3) is 6.78. The third-order valence-electron chi connectivity index (χ3n) is 2.62. The van der Waals surface area contributed by atoms with E-state index < -0.39 is 12.1 Å². The molecule has 2 N–H and O–H groups in total. The molecular formula is C11H21N3O8. The molecule has 11 nitrogen and oxygen atoms in total. The second kappa shape index (κ2) is 11.8. The first kappa shape index (κ1) is 20.2. The molecule has 0 atom stereocenters. The summed E-state index contributed by atoms with van der Waals surface area (Å²) in [5, 5.41) is 16.6. The van der Waals surface area contributed by atoms with Gasteiger partial charge in [-0.05, 0) is 0 Å². The molecule has 0 aromatic rings. The highest BCUT2D eigenvalue weighted by Crippen LogP contribution is 2.03. The number of methoxy groups -OCH3 is 1. The summed E-state index contributed by atoms with van der Waals surface area (Å²) >= 11 is 0. The van der Waals surface area contributed by atoms with Crippen LogP contribution in [0.3, 0.4) is 0 Å². The van der Waals surface area contributed by atoms with Crippen LogP contribution < -0.4 is 0 Å². The molecule has 0 aromatic heterocycles. The molecule has 0 aromatic carbocycles. The predicted octanol–water partition coefficient (Wildman–Crippen LogP) is -0.456. The molecule has 0 aliphatic rings. The van der Waals surface area contributed by atoms with Gasteiger partial charge in [0.1, 0.15) is 6.61 Å². The molecule has 0 aliphatic carbocycles. The van der Waals surface area contributed by atoms with Crippen molar-refractivity contribution >= 4 is 18.5 Å². The number of hydrogen-bond acceptors (Lipinski definition) is 8. The Morgan fingerprint density at radius 1 is 1.00 bits per heavy atom. The SMILES string of the molecule is COCCN(C=O)C(=O)N(CCOO)C(=O)N(C)CCOO. The maximum atomic E-state index is 12.2. The number of carbonyl (C=O) groups excluding carboxylic acids is 3. The van der Waals surface area contributed by atoms with Gasteiger partial charge in [-0.1, -0.05) is 0 Å². The normalized spacial score (nSPS) is 10.2. The van der Waals surface area contributed by atoms with E-state index in [-0.39, 0.29) is 45.9 Å². The average molecular weight is 323 g/mol. The van der Waals surface area contributed by atoms with Gasteiger partial charge in [-0.25, -0.2) is 24.3 Å². The molecule has 0 heterocycles.